The summed E-state index contributed by atoms with van der Waals surface area (Å²) in [6, 6.07) is 0. The molecule has 1 rings (SSSR count). The highest BCUT2D eigenvalue weighted by molar-refractivity contribution is 7.80. The van der Waals surface area contributed by atoms with Crippen LogP contribution in [0.1, 0.15) is 187 Å². The van der Waals surface area contributed by atoms with E-state index < -0.39 is 59.8 Å². The Kier molecular flexibility index (Phi) is 39.9. The van der Waals surface area contributed by atoms with Gasteiger partial charge >= 0.3 is 16.4 Å². The maximum Gasteiger partial charge on any atom is 0.397 e. The molecule has 0 aliphatic carbocycles. The highest BCUT2D eigenvalue weighted by Gasteiger charge is 2.48. The Balaban J connectivity index is 2.36. The van der Waals surface area contributed by atoms with Gasteiger partial charge in [-0.05, 0) is 77.0 Å². The Morgan fingerprint density at radius 1 is 0.600 bits per heavy atom. The van der Waals surface area contributed by atoms with Gasteiger partial charge in [0.05, 0.1) is 19.8 Å². The van der Waals surface area contributed by atoms with E-state index in [-0.39, 0.29) is 19.6 Å². The second-order valence-corrected chi connectivity index (χ2v) is 18.1. The third kappa shape index (κ3) is 36.3. The third-order valence-corrected chi connectivity index (χ3v) is 11.5. The van der Waals surface area contributed by atoms with Gasteiger partial charge in [0.15, 0.2) is 6.29 Å². The molecule has 0 aromatic heterocycles. The van der Waals surface area contributed by atoms with Crippen molar-refractivity contribution in [3.05, 3.63) is 72.9 Å². The molecule has 0 saturated carbocycles. The lowest BCUT2D eigenvalue weighted by Crippen LogP contribution is -2.60. The van der Waals surface area contributed by atoms with Crippen molar-refractivity contribution in [2.45, 2.75) is 224 Å². The second kappa shape index (κ2) is 42.9. The van der Waals surface area contributed by atoms with Crippen LogP contribution in [0.4, 0.5) is 0 Å². The van der Waals surface area contributed by atoms with Gasteiger partial charge in [0.2, 0.25) is 0 Å². The van der Waals surface area contributed by atoms with Crippen molar-refractivity contribution in [1.29, 1.82) is 0 Å². The van der Waals surface area contributed by atoms with Crippen molar-refractivity contribution in [1.82, 2.24) is 0 Å². The number of unbranched alkanes of at least 4 members (excludes halogenated alkanes) is 18. The Bertz CT molecular complexity index is 1410. The van der Waals surface area contributed by atoms with Crippen molar-refractivity contribution in [3.8, 4) is 0 Å². The van der Waals surface area contributed by atoms with E-state index in [4.69, 9.17) is 18.9 Å². The molecule has 12 nitrogen and oxygen atoms in total. The fraction of sp³-hybridized carbons (Fsp3) is 0.750. The Morgan fingerprint density at radius 2 is 1.06 bits per heavy atom. The van der Waals surface area contributed by atoms with Crippen molar-refractivity contribution in [2.24, 2.45) is 0 Å². The van der Waals surface area contributed by atoms with Crippen molar-refractivity contribution < 1.29 is 56.2 Å². The van der Waals surface area contributed by atoms with Crippen LogP contribution < -0.4 is 0 Å². The first-order chi connectivity index (χ1) is 31.6. The van der Waals surface area contributed by atoms with Gasteiger partial charge in [0, 0.05) is 13.0 Å². The summed E-state index contributed by atoms with van der Waals surface area (Å²) in [5.41, 5.74) is 0. The Labute approximate surface area is 394 Å². The molecule has 1 aliphatic rings. The molecule has 0 aromatic carbocycles. The summed E-state index contributed by atoms with van der Waals surface area (Å²) in [6.45, 7) is 3.81. The molecule has 4 N–H and O–H groups in total. The van der Waals surface area contributed by atoms with E-state index in [9.17, 15) is 33.1 Å². The van der Waals surface area contributed by atoms with Crippen LogP contribution >= 0.6 is 0 Å². The van der Waals surface area contributed by atoms with Gasteiger partial charge in [-0.1, -0.05) is 177 Å². The molecule has 0 radical (unpaired) electrons. The number of allylic oxidation sites excluding steroid dienone is 12. The molecule has 6 atom stereocenters. The summed E-state index contributed by atoms with van der Waals surface area (Å²) in [7, 11) is -5.07. The average Bonchev–Trinajstić information content (AvgIpc) is 3.28. The predicted octanol–water partition coefficient (Wildman–Crippen LogP) is 11.5. The third-order valence-electron chi connectivity index (χ3n) is 11.1. The normalized spacial score (nSPS) is 20.2. The van der Waals surface area contributed by atoms with Crippen LogP contribution in [0.3, 0.4) is 0 Å². The number of ether oxygens (including phenoxy) is 4. The Hall–Kier alpha value is -2.46. The standard InChI is InChI=1S/C52H90O12S/c1-3-5-7-9-11-13-15-17-19-20-21-22-23-24-25-26-27-29-31-33-35-37-39-41-48(54)62-46(45-61-52-50(56)51(64-65(57,58)59)49(55)47(43-53)63-52)44-60-42-40-38-36-34-32-30-28-18-16-14-12-10-8-6-4-2/h5,7,10-13,16-19,21-22,46-47,49-53,55-56H,3-4,6,8-9,14-15,20,23-45H2,1-2H3,(H,57,58,59)/b7-5-,12-10-,13-11-,18-16-,19-17-,22-21-. The minimum atomic E-state index is -5.07. The van der Waals surface area contributed by atoms with E-state index >= 15 is 0 Å². The number of carbonyl (C=O) groups is 1. The predicted molar refractivity (Wildman–Crippen MR) is 262 cm³/mol. The smallest absolute Gasteiger partial charge is 0.397 e. The summed E-state index contributed by atoms with van der Waals surface area (Å²) in [5.74, 6) is -0.410. The van der Waals surface area contributed by atoms with E-state index in [0.29, 0.717) is 13.0 Å². The highest BCUT2D eigenvalue weighted by atomic mass is 32.3. The molecule has 0 bridgehead atoms. The van der Waals surface area contributed by atoms with E-state index in [1.807, 2.05) is 0 Å². The maximum atomic E-state index is 12.9. The zero-order valence-electron chi connectivity index (χ0n) is 40.3. The maximum absolute atomic E-state index is 12.9. The molecule has 0 amide bonds. The van der Waals surface area contributed by atoms with Crippen LogP contribution in [0.5, 0.6) is 0 Å². The average molecular weight is 939 g/mol. The first-order valence-electron chi connectivity index (χ1n) is 25.2. The number of carbonyl (C=O) groups excluding carboxylic acids is 1. The number of hydrogen-bond donors (Lipinski definition) is 4. The van der Waals surface area contributed by atoms with Crippen molar-refractivity contribution >= 4 is 16.4 Å². The molecule has 376 valence electrons. The summed E-state index contributed by atoms with van der Waals surface area (Å²) in [4.78, 5) is 12.9. The highest BCUT2D eigenvalue weighted by Crippen LogP contribution is 2.26. The monoisotopic (exact) mass is 939 g/mol. The molecule has 1 saturated heterocycles. The number of esters is 1. The van der Waals surface area contributed by atoms with Crippen LogP contribution in [0, 0.1) is 0 Å². The summed E-state index contributed by atoms with van der Waals surface area (Å²) < 4.78 is 59.2. The molecule has 1 fully saturated rings. The van der Waals surface area contributed by atoms with Gasteiger partial charge in [-0.15, -0.1) is 0 Å². The molecule has 0 aromatic rings. The minimum absolute atomic E-state index is 0.0239. The number of aliphatic hydroxyl groups excluding tert-OH is 3. The van der Waals surface area contributed by atoms with Crippen molar-refractivity contribution in [2.75, 3.05) is 26.4 Å². The Morgan fingerprint density at radius 3 is 1.55 bits per heavy atom. The van der Waals surface area contributed by atoms with E-state index in [1.165, 1.54) is 64.2 Å². The largest absolute Gasteiger partial charge is 0.457 e. The van der Waals surface area contributed by atoms with Gasteiger partial charge in [0.1, 0.15) is 30.5 Å². The molecular formula is C52H90O12S. The summed E-state index contributed by atoms with van der Waals surface area (Å²) >= 11 is 0. The number of hydrogen-bond acceptors (Lipinski definition) is 11. The van der Waals surface area contributed by atoms with Crippen LogP contribution in [-0.2, 0) is 38.3 Å². The quantitative estimate of drug-likeness (QED) is 0.0197. The lowest BCUT2D eigenvalue weighted by molar-refractivity contribution is -0.301. The first-order valence-corrected chi connectivity index (χ1v) is 26.6. The lowest BCUT2D eigenvalue weighted by atomic mass is 9.99. The van der Waals surface area contributed by atoms with Gasteiger partial charge < -0.3 is 34.3 Å². The molecule has 6 unspecified atom stereocenters. The molecule has 13 heteroatoms. The van der Waals surface area contributed by atoms with Gasteiger partial charge in [-0.25, -0.2) is 4.18 Å². The van der Waals surface area contributed by atoms with Gasteiger partial charge in [0.25, 0.3) is 0 Å². The van der Waals surface area contributed by atoms with Gasteiger partial charge in [-0.2, -0.15) is 8.42 Å². The first kappa shape index (κ1) is 60.6. The van der Waals surface area contributed by atoms with Crippen LogP contribution in [0.2, 0.25) is 0 Å². The second-order valence-electron chi connectivity index (χ2n) is 17.0. The molecular weight excluding hydrogens is 849 g/mol. The van der Waals surface area contributed by atoms with Crippen LogP contribution in [0.25, 0.3) is 0 Å². The molecule has 1 aliphatic heterocycles. The van der Waals surface area contributed by atoms with Gasteiger partial charge in [-0.3, -0.25) is 9.35 Å². The van der Waals surface area contributed by atoms with Crippen LogP contribution in [0.15, 0.2) is 72.9 Å². The van der Waals surface area contributed by atoms with E-state index in [0.717, 1.165) is 96.3 Å². The fourth-order valence-electron chi connectivity index (χ4n) is 7.27. The molecule has 0 spiro atoms. The van der Waals surface area contributed by atoms with Crippen LogP contribution in [-0.4, -0.2) is 97.5 Å². The zero-order chi connectivity index (χ0) is 47.5. The number of rotatable bonds is 43. The molecule has 65 heavy (non-hydrogen) atoms. The van der Waals surface area contributed by atoms with Crippen molar-refractivity contribution in [3.63, 3.8) is 0 Å². The summed E-state index contributed by atoms with van der Waals surface area (Å²) in [6.07, 6.45) is 46.4. The SMILES string of the molecule is CC/C=C\C/C=C\C/C=C\C/C=C\CCCCCCCCCCCCC(=O)OC(COCCCCCCCC/C=C\C/C=C\CCCC)COC1OC(CO)C(O)C(OS(=O)(=O)O)C1O. The fourth-order valence-corrected chi connectivity index (χ4v) is 7.78. The number of aliphatic hydroxyl groups is 3. The minimum Gasteiger partial charge on any atom is -0.457 e. The van der Waals surface area contributed by atoms with E-state index in [2.05, 4.69) is 90.9 Å². The molecule has 1 heterocycles. The zero-order valence-corrected chi connectivity index (χ0v) is 41.1. The van der Waals surface area contributed by atoms with E-state index in [1.54, 1.807) is 0 Å². The topological polar surface area (TPSA) is 178 Å². The lowest BCUT2D eigenvalue weighted by Gasteiger charge is -2.41. The summed E-state index contributed by atoms with van der Waals surface area (Å²) in [5, 5.41) is 30.7.